The summed E-state index contributed by atoms with van der Waals surface area (Å²) in [6.45, 7) is 3.96. The molecule has 0 aromatic heterocycles. The summed E-state index contributed by atoms with van der Waals surface area (Å²) in [6, 6.07) is 8.28. The number of hydrogen-bond donors (Lipinski definition) is 2. The lowest BCUT2D eigenvalue weighted by Crippen LogP contribution is -2.30. The van der Waals surface area contributed by atoms with Crippen LogP contribution in [0.1, 0.15) is 37.7 Å². The zero-order valence-corrected chi connectivity index (χ0v) is 10.8. The van der Waals surface area contributed by atoms with Gasteiger partial charge in [0.2, 0.25) is 5.91 Å². The molecule has 1 aliphatic carbocycles. The Morgan fingerprint density at radius 2 is 2.22 bits per heavy atom. The average molecular weight is 244 g/mol. The smallest absolute Gasteiger partial charge is 0.220 e. The second-order valence-corrected chi connectivity index (χ2v) is 5.96. The maximum Gasteiger partial charge on any atom is 0.220 e. The van der Waals surface area contributed by atoms with Crippen LogP contribution in [0.15, 0.2) is 24.3 Å². The van der Waals surface area contributed by atoms with Crippen molar-refractivity contribution in [2.75, 3.05) is 18.4 Å². The summed E-state index contributed by atoms with van der Waals surface area (Å²) in [5, 5.41) is 6.44. The van der Waals surface area contributed by atoms with Crippen molar-refractivity contribution >= 4 is 11.6 Å². The van der Waals surface area contributed by atoms with Crippen LogP contribution in [0.5, 0.6) is 0 Å². The maximum absolute atomic E-state index is 11.9. The first-order valence-electron chi connectivity index (χ1n) is 6.76. The molecule has 3 rings (SSSR count). The highest BCUT2D eigenvalue weighted by molar-refractivity contribution is 5.78. The average Bonchev–Trinajstić information content (AvgIpc) is 2.98. The van der Waals surface area contributed by atoms with Gasteiger partial charge in [-0.15, -0.1) is 0 Å². The molecule has 1 aromatic rings. The minimum atomic E-state index is 0.187. The van der Waals surface area contributed by atoms with Crippen LogP contribution in [-0.4, -0.2) is 19.0 Å². The van der Waals surface area contributed by atoms with E-state index in [-0.39, 0.29) is 5.91 Å². The number of amides is 1. The van der Waals surface area contributed by atoms with Gasteiger partial charge in [-0.25, -0.2) is 0 Å². The number of nitrogens with one attached hydrogen (secondary N) is 2. The fourth-order valence-electron chi connectivity index (χ4n) is 2.54. The molecule has 2 aliphatic rings. The molecule has 1 aliphatic heterocycles. The van der Waals surface area contributed by atoms with Crippen molar-refractivity contribution in [2.24, 2.45) is 5.41 Å². The van der Waals surface area contributed by atoms with Crippen molar-refractivity contribution in [1.82, 2.24) is 5.32 Å². The Morgan fingerprint density at radius 1 is 1.44 bits per heavy atom. The predicted octanol–water partition coefficient (Wildman–Crippen LogP) is 2.50. The Morgan fingerprint density at radius 3 is 3.00 bits per heavy atom. The van der Waals surface area contributed by atoms with Crippen molar-refractivity contribution in [3.05, 3.63) is 29.8 Å². The van der Waals surface area contributed by atoms with E-state index in [2.05, 4.69) is 29.7 Å². The van der Waals surface area contributed by atoms with Gasteiger partial charge in [0.25, 0.3) is 0 Å². The SMILES string of the molecule is CC1(CNC(=O)CC2CNc3ccccc32)CC1. The zero-order valence-electron chi connectivity index (χ0n) is 10.8. The van der Waals surface area contributed by atoms with Gasteiger partial charge < -0.3 is 10.6 Å². The quantitative estimate of drug-likeness (QED) is 0.854. The van der Waals surface area contributed by atoms with Crippen LogP contribution >= 0.6 is 0 Å². The van der Waals surface area contributed by atoms with E-state index in [4.69, 9.17) is 0 Å². The van der Waals surface area contributed by atoms with Crippen LogP contribution in [-0.2, 0) is 4.79 Å². The third-order valence-electron chi connectivity index (χ3n) is 4.19. The molecule has 0 saturated heterocycles. The molecule has 1 atom stereocenters. The third kappa shape index (κ3) is 2.35. The molecular formula is C15H20N2O. The Bertz CT molecular complexity index is 465. The number of carbonyl (C=O) groups is 1. The Hall–Kier alpha value is -1.51. The van der Waals surface area contributed by atoms with Crippen LogP contribution < -0.4 is 10.6 Å². The molecule has 0 spiro atoms. The summed E-state index contributed by atoms with van der Waals surface area (Å²) < 4.78 is 0. The van der Waals surface area contributed by atoms with Crippen LogP contribution in [0.4, 0.5) is 5.69 Å². The predicted molar refractivity (Wildman–Crippen MR) is 72.6 cm³/mol. The topological polar surface area (TPSA) is 41.1 Å². The van der Waals surface area contributed by atoms with Gasteiger partial charge in [0.05, 0.1) is 0 Å². The van der Waals surface area contributed by atoms with Gasteiger partial charge in [-0.2, -0.15) is 0 Å². The number of fused-ring (bicyclic) bond motifs is 1. The van der Waals surface area contributed by atoms with Gasteiger partial charge in [-0.3, -0.25) is 4.79 Å². The highest BCUT2D eigenvalue weighted by Gasteiger charge is 2.37. The Labute approximate surface area is 108 Å². The number of carbonyl (C=O) groups excluding carboxylic acids is 1. The van der Waals surface area contributed by atoms with Crippen molar-refractivity contribution in [3.63, 3.8) is 0 Å². The lowest BCUT2D eigenvalue weighted by molar-refractivity contribution is -0.121. The summed E-state index contributed by atoms with van der Waals surface area (Å²) >= 11 is 0. The van der Waals surface area contributed by atoms with Crippen molar-refractivity contribution in [1.29, 1.82) is 0 Å². The van der Waals surface area contributed by atoms with Crippen LogP contribution in [0.25, 0.3) is 0 Å². The van der Waals surface area contributed by atoms with Crippen molar-refractivity contribution in [3.8, 4) is 0 Å². The fourth-order valence-corrected chi connectivity index (χ4v) is 2.54. The van der Waals surface area contributed by atoms with E-state index in [9.17, 15) is 4.79 Å². The standard InChI is InChI=1S/C15H20N2O/c1-15(6-7-15)10-17-14(18)8-11-9-16-13-5-3-2-4-12(11)13/h2-5,11,16H,6-10H2,1H3,(H,17,18). The molecule has 0 bridgehead atoms. The highest BCUT2D eigenvalue weighted by Crippen LogP contribution is 2.44. The first-order valence-corrected chi connectivity index (χ1v) is 6.76. The van der Waals surface area contributed by atoms with Crippen LogP contribution in [0.2, 0.25) is 0 Å². The number of hydrogen-bond acceptors (Lipinski definition) is 2. The van der Waals surface area contributed by atoms with Gasteiger partial charge in [-0.1, -0.05) is 25.1 Å². The third-order valence-corrected chi connectivity index (χ3v) is 4.19. The Kier molecular flexibility index (Phi) is 2.77. The molecule has 1 aromatic carbocycles. The van der Waals surface area contributed by atoms with E-state index in [1.54, 1.807) is 0 Å². The molecule has 2 N–H and O–H groups in total. The van der Waals surface area contributed by atoms with E-state index in [1.165, 1.54) is 24.1 Å². The summed E-state index contributed by atoms with van der Waals surface area (Å²) in [5.74, 6) is 0.514. The first kappa shape index (κ1) is 11.6. The lowest BCUT2D eigenvalue weighted by Gasteiger charge is -2.13. The second-order valence-electron chi connectivity index (χ2n) is 5.96. The summed E-state index contributed by atoms with van der Waals surface area (Å²) in [5.41, 5.74) is 2.86. The molecule has 1 unspecified atom stereocenters. The summed E-state index contributed by atoms with van der Waals surface area (Å²) in [7, 11) is 0. The van der Waals surface area contributed by atoms with E-state index in [1.807, 2.05) is 12.1 Å². The van der Waals surface area contributed by atoms with Gasteiger partial charge in [-0.05, 0) is 29.9 Å². The number of para-hydroxylation sites is 1. The van der Waals surface area contributed by atoms with Gasteiger partial charge in [0, 0.05) is 31.1 Å². The number of anilines is 1. The molecule has 1 saturated carbocycles. The molecular weight excluding hydrogens is 224 g/mol. The monoisotopic (exact) mass is 244 g/mol. The normalized spacial score (nSPS) is 23.1. The second kappa shape index (κ2) is 4.30. The van der Waals surface area contributed by atoms with Crippen molar-refractivity contribution in [2.45, 2.75) is 32.1 Å². The van der Waals surface area contributed by atoms with Gasteiger partial charge in [0.15, 0.2) is 0 Å². The van der Waals surface area contributed by atoms with Crippen molar-refractivity contribution < 1.29 is 4.79 Å². The summed E-state index contributed by atoms with van der Waals surface area (Å²) in [4.78, 5) is 11.9. The largest absolute Gasteiger partial charge is 0.384 e. The summed E-state index contributed by atoms with van der Waals surface area (Å²) in [6.07, 6.45) is 3.10. The molecule has 0 radical (unpaired) electrons. The minimum Gasteiger partial charge on any atom is -0.384 e. The Balaban J connectivity index is 1.55. The van der Waals surface area contributed by atoms with E-state index < -0.39 is 0 Å². The highest BCUT2D eigenvalue weighted by atomic mass is 16.1. The van der Waals surface area contributed by atoms with Crippen LogP contribution in [0, 0.1) is 5.41 Å². The van der Waals surface area contributed by atoms with Gasteiger partial charge in [0.1, 0.15) is 0 Å². The zero-order chi connectivity index (χ0) is 12.6. The van der Waals surface area contributed by atoms with E-state index in [0.717, 1.165) is 13.1 Å². The lowest BCUT2D eigenvalue weighted by atomic mass is 9.97. The van der Waals surface area contributed by atoms with E-state index >= 15 is 0 Å². The molecule has 3 heteroatoms. The molecule has 1 fully saturated rings. The number of benzene rings is 1. The molecule has 3 nitrogen and oxygen atoms in total. The fraction of sp³-hybridized carbons (Fsp3) is 0.533. The van der Waals surface area contributed by atoms with Gasteiger partial charge >= 0.3 is 0 Å². The molecule has 18 heavy (non-hydrogen) atoms. The molecule has 1 heterocycles. The molecule has 1 amide bonds. The van der Waals surface area contributed by atoms with E-state index in [0.29, 0.717) is 17.8 Å². The van der Waals surface area contributed by atoms with Crippen LogP contribution in [0.3, 0.4) is 0 Å². The maximum atomic E-state index is 11.9. The minimum absolute atomic E-state index is 0.187. The number of rotatable bonds is 4. The first-order chi connectivity index (χ1) is 8.66. The molecule has 96 valence electrons.